The van der Waals surface area contributed by atoms with Gasteiger partial charge in [0.15, 0.2) is 5.82 Å². The van der Waals surface area contributed by atoms with E-state index in [-0.39, 0.29) is 6.10 Å². The van der Waals surface area contributed by atoms with Crippen LogP contribution in [0.3, 0.4) is 0 Å². The van der Waals surface area contributed by atoms with Gasteiger partial charge in [-0.1, -0.05) is 27.2 Å². The summed E-state index contributed by atoms with van der Waals surface area (Å²) >= 11 is 0. The smallest absolute Gasteiger partial charge is 0.159 e. The molecule has 0 aromatic carbocycles. The Morgan fingerprint density at radius 2 is 1.95 bits per heavy atom. The quantitative estimate of drug-likeness (QED) is 0.586. The molecule has 0 saturated carbocycles. The highest BCUT2D eigenvalue weighted by Gasteiger charge is 2.19. The van der Waals surface area contributed by atoms with Crippen molar-refractivity contribution in [1.29, 1.82) is 0 Å². The monoisotopic (exact) mass is 266 g/mol. The number of nitrogens with two attached hydrogens (primary N) is 1. The summed E-state index contributed by atoms with van der Waals surface area (Å²) in [6, 6.07) is 0. The van der Waals surface area contributed by atoms with Gasteiger partial charge < -0.3 is 10.2 Å². The van der Waals surface area contributed by atoms with E-state index in [0.29, 0.717) is 18.3 Å². The largest absolute Gasteiger partial charge is 0.371 e. The topological polar surface area (TPSA) is 73.1 Å². The van der Waals surface area contributed by atoms with Crippen LogP contribution in [-0.2, 0) is 4.74 Å². The Balaban J connectivity index is 3.18. The Kier molecular flexibility index (Phi) is 6.18. The molecule has 1 heterocycles. The van der Waals surface area contributed by atoms with E-state index in [2.05, 4.69) is 36.2 Å². The van der Waals surface area contributed by atoms with E-state index in [4.69, 9.17) is 10.6 Å². The molecule has 1 atom stereocenters. The maximum Gasteiger partial charge on any atom is 0.159 e. The van der Waals surface area contributed by atoms with Crippen molar-refractivity contribution in [3.63, 3.8) is 0 Å². The van der Waals surface area contributed by atoms with Crippen molar-refractivity contribution in [3.05, 3.63) is 17.1 Å². The molecule has 1 unspecified atom stereocenters. The summed E-state index contributed by atoms with van der Waals surface area (Å²) in [5, 5.41) is 0. The SMILES string of the molecule is CCCC(OCC)c1nc(C)c(C(C)C)c(NN)n1. The van der Waals surface area contributed by atoms with E-state index in [0.717, 1.165) is 29.9 Å². The van der Waals surface area contributed by atoms with Gasteiger partial charge >= 0.3 is 0 Å². The van der Waals surface area contributed by atoms with Crippen LogP contribution in [0.15, 0.2) is 0 Å². The molecule has 5 nitrogen and oxygen atoms in total. The molecule has 0 aliphatic carbocycles. The molecule has 0 fully saturated rings. The van der Waals surface area contributed by atoms with E-state index in [9.17, 15) is 0 Å². The van der Waals surface area contributed by atoms with E-state index < -0.39 is 0 Å². The van der Waals surface area contributed by atoms with Crippen LogP contribution in [0.1, 0.15) is 69.6 Å². The van der Waals surface area contributed by atoms with Crippen LogP contribution < -0.4 is 11.3 Å². The lowest BCUT2D eigenvalue weighted by atomic mass is 10.0. The average Bonchev–Trinajstić information content (AvgIpc) is 2.36. The molecule has 0 bridgehead atoms. The third-order valence-corrected chi connectivity index (χ3v) is 3.07. The maximum absolute atomic E-state index is 5.73. The molecule has 5 heteroatoms. The van der Waals surface area contributed by atoms with E-state index in [1.165, 1.54) is 0 Å². The lowest BCUT2D eigenvalue weighted by Crippen LogP contribution is -2.18. The Morgan fingerprint density at radius 3 is 2.42 bits per heavy atom. The van der Waals surface area contributed by atoms with Crippen LogP contribution in [0.25, 0.3) is 0 Å². The van der Waals surface area contributed by atoms with Gasteiger partial charge in [-0.2, -0.15) is 0 Å². The maximum atomic E-state index is 5.73. The number of aromatic nitrogens is 2. The molecule has 1 rings (SSSR count). The molecule has 0 aliphatic heterocycles. The first-order chi connectivity index (χ1) is 9.04. The fraction of sp³-hybridized carbons (Fsp3) is 0.714. The second kappa shape index (κ2) is 7.40. The Hall–Kier alpha value is -1.20. The van der Waals surface area contributed by atoms with Crippen molar-refractivity contribution >= 4 is 5.82 Å². The summed E-state index contributed by atoms with van der Waals surface area (Å²) in [5.41, 5.74) is 4.72. The number of hydrogen-bond acceptors (Lipinski definition) is 5. The zero-order valence-corrected chi connectivity index (χ0v) is 12.7. The first-order valence-corrected chi connectivity index (χ1v) is 7.01. The molecule has 1 aromatic heterocycles. The predicted octanol–water partition coefficient (Wildman–Crippen LogP) is 3.07. The van der Waals surface area contributed by atoms with E-state index >= 15 is 0 Å². The fourth-order valence-electron chi connectivity index (χ4n) is 2.30. The van der Waals surface area contributed by atoms with E-state index in [1.54, 1.807) is 0 Å². The van der Waals surface area contributed by atoms with Gasteiger partial charge in [0.25, 0.3) is 0 Å². The second-order valence-corrected chi connectivity index (χ2v) is 4.96. The van der Waals surface area contributed by atoms with Crippen LogP contribution in [0.4, 0.5) is 5.82 Å². The minimum Gasteiger partial charge on any atom is -0.371 e. The number of nitrogens with one attached hydrogen (secondary N) is 1. The summed E-state index contributed by atoms with van der Waals surface area (Å²) in [4.78, 5) is 9.15. The van der Waals surface area contributed by atoms with Crippen molar-refractivity contribution in [3.8, 4) is 0 Å². The molecular formula is C14H26N4O. The van der Waals surface area contributed by atoms with Crippen LogP contribution in [0, 0.1) is 6.92 Å². The standard InChI is InChI=1S/C14H26N4O/c1-6-8-11(19-7-2)13-16-10(5)12(9(3)4)14(17-13)18-15/h9,11H,6-8,15H2,1-5H3,(H,16,17,18). The number of ether oxygens (including phenoxy) is 1. The van der Waals surface area contributed by atoms with Crippen molar-refractivity contribution < 1.29 is 4.74 Å². The minimum absolute atomic E-state index is 0.0537. The highest BCUT2D eigenvalue weighted by molar-refractivity contribution is 5.47. The average molecular weight is 266 g/mol. The number of nitrogen functional groups attached to an aromatic ring is 1. The highest BCUT2D eigenvalue weighted by atomic mass is 16.5. The van der Waals surface area contributed by atoms with Gasteiger partial charge in [0.05, 0.1) is 0 Å². The zero-order valence-electron chi connectivity index (χ0n) is 12.7. The van der Waals surface area contributed by atoms with Gasteiger partial charge in [0.1, 0.15) is 11.9 Å². The first-order valence-electron chi connectivity index (χ1n) is 7.01. The summed E-state index contributed by atoms with van der Waals surface area (Å²) in [6.45, 7) is 11.0. The first kappa shape index (κ1) is 15.9. The Bertz CT molecular complexity index is 401. The molecule has 0 spiro atoms. The van der Waals surface area contributed by atoms with Gasteiger partial charge in [-0.25, -0.2) is 15.8 Å². The number of rotatable bonds is 7. The lowest BCUT2D eigenvalue weighted by molar-refractivity contribution is 0.0493. The normalized spacial score (nSPS) is 12.8. The molecule has 0 amide bonds. The fourth-order valence-corrected chi connectivity index (χ4v) is 2.30. The minimum atomic E-state index is -0.0537. The molecule has 1 aromatic rings. The third-order valence-electron chi connectivity index (χ3n) is 3.07. The van der Waals surface area contributed by atoms with Crippen molar-refractivity contribution in [2.45, 2.75) is 59.5 Å². The van der Waals surface area contributed by atoms with Crippen molar-refractivity contribution in [2.24, 2.45) is 5.84 Å². The van der Waals surface area contributed by atoms with Gasteiger partial charge in [0, 0.05) is 17.9 Å². The number of aryl methyl sites for hydroxylation is 1. The van der Waals surface area contributed by atoms with Gasteiger partial charge in [-0.3, -0.25) is 0 Å². The Labute approximate surface area is 115 Å². The Morgan fingerprint density at radius 1 is 1.26 bits per heavy atom. The summed E-state index contributed by atoms with van der Waals surface area (Å²) in [5.74, 6) is 7.35. The third kappa shape index (κ3) is 3.88. The number of hydrogen-bond donors (Lipinski definition) is 2. The molecule has 0 radical (unpaired) electrons. The summed E-state index contributed by atoms with van der Waals surface area (Å²) in [7, 11) is 0. The number of nitrogens with zero attached hydrogens (tertiary/aromatic N) is 2. The summed E-state index contributed by atoms with van der Waals surface area (Å²) < 4.78 is 5.73. The summed E-state index contributed by atoms with van der Waals surface area (Å²) in [6.07, 6.45) is 1.89. The van der Waals surface area contributed by atoms with Gasteiger partial charge in [-0.05, 0) is 26.2 Å². The van der Waals surface area contributed by atoms with Crippen molar-refractivity contribution in [1.82, 2.24) is 9.97 Å². The van der Waals surface area contributed by atoms with Crippen LogP contribution >= 0.6 is 0 Å². The van der Waals surface area contributed by atoms with Crippen molar-refractivity contribution in [2.75, 3.05) is 12.0 Å². The van der Waals surface area contributed by atoms with Crippen LogP contribution in [-0.4, -0.2) is 16.6 Å². The lowest BCUT2D eigenvalue weighted by Gasteiger charge is -2.19. The zero-order chi connectivity index (χ0) is 14.4. The molecule has 19 heavy (non-hydrogen) atoms. The van der Waals surface area contributed by atoms with Crippen LogP contribution in [0.2, 0.25) is 0 Å². The second-order valence-electron chi connectivity index (χ2n) is 4.96. The number of hydrazine groups is 1. The van der Waals surface area contributed by atoms with Crippen LogP contribution in [0.5, 0.6) is 0 Å². The molecule has 0 saturated heterocycles. The molecule has 108 valence electrons. The molecule has 0 aliphatic rings. The van der Waals surface area contributed by atoms with Gasteiger partial charge in [-0.15, -0.1) is 0 Å². The number of anilines is 1. The predicted molar refractivity (Wildman–Crippen MR) is 77.9 cm³/mol. The molecule has 3 N–H and O–H groups in total. The highest BCUT2D eigenvalue weighted by Crippen LogP contribution is 2.28. The van der Waals surface area contributed by atoms with E-state index in [1.807, 2.05) is 13.8 Å². The van der Waals surface area contributed by atoms with Gasteiger partial charge in [0.2, 0.25) is 0 Å². The molecular weight excluding hydrogens is 240 g/mol.